The van der Waals surface area contributed by atoms with Gasteiger partial charge in [-0.3, -0.25) is 22.9 Å². The number of nitrogens with two attached hydrogens (primary N) is 1. The molecule has 7 N–H and O–H groups in total. The highest BCUT2D eigenvalue weighted by atomic mass is 31.3. The molecule has 2 saturated heterocycles. The second kappa shape index (κ2) is 12.4. The van der Waals surface area contributed by atoms with Crippen molar-refractivity contribution in [1.29, 1.82) is 0 Å². The van der Waals surface area contributed by atoms with Crippen molar-refractivity contribution in [2.24, 2.45) is 5.73 Å². The van der Waals surface area contributed by atoms with E-state index in [1.807, 2.05) is 0 Å². The van der Waals surface area contributed by atoms with E-state index in [0.29, 0.717) is 11.2 Å². The molecule has 10 atom stereocenters. The van der Waals surface area contributed by atoms with Gasteiger partial charge in [-0.2, -0.15) is 4.57 Å². The first-order valence-corrected chi connectivity index (χ1v) is 16.3. The number of pyridine rings is 1. The summed E-state index contributed by atoms with van der Waals surface area (Å²) in [6.07, 6.45) is -3.37. The van der Waals surface area contributed by atoms with Gasteiger partial charge in [0.25, 0.3) is 20.0 Å². The van der Waals surface area contributed by atoms with E-state index in [1.54, 1.807) is 10.6 Å². The molecule has 6 rings (SSSR count). The van der Waals surface area contributed by atoms with E-state index >= 15 is 0 Å². The average Bonchev–Trinajstić information content (AvgIpc) is 3.77. The Morgan fingerprint density at radius 2 is 1.72 bits per heavy atom. The van der Waals surface area contributed by atoms with Gasteiger partial charge in [-0.25, -0.2) is 23.8 Å². The quantitative estimate of drug-likeness (QED) is 0.0677. The number of primary amides is 1. The number of nitrogens with zero attached hydrogens (tertiary/aromatic N) is 6. The largest absolute Gasteiger partial charge is 0.756 e. The van der Waals surface area contributed by atoms with Crippen molar-refractivity contribution in [1.82, 2.24) is 23.9 Å². The van der Waals surface area contributed by atoms with E-state index in [9.17, 15) is 44.1 Å². The van der Waals surface area contributed by atoms with Crippen LogP contribution < -0.4 is 15.2 Å². The number of imidazole rings is 2. The molecule has 0 aromatic carbocycles. The molecule has 4 aromatic heterocycles. The monoisotopic (exact) mass is 687 g/mol. The summed E-state index contributed by atoms with van der Waals surface area (Å²) in [6.45, 7) is -1.87. The van der Waals surface area contributed by atoms with Gasteiger partial charge in [-0.05, 0) is 6.07 Å². The number of rotatable bonds is 11. The summed E-state index contributed by atoms with van der Waals surface area (Å²) in [6, 6.07) is 2.83. The first-order chi connectivity index (χ1) is 21.7. The lowest BCUT2D eigenvalue weighted by atomic mass is 10.1. The van der Waals surface area contributed by atoms with Crippen LogP contribution in [0.15, 0.2) is 49.6 Å². The number of ether oxygens (including phenoxy) is 2. The number of amides is 1. The van der Waals surface area contributed by atoms with E-state index in [0.717, 1.165) is 0 Å². The highest BCUT2D eigenvalue weighted by Gasteiger charge is 2.49. The summed E-state index contributed by atoms with van der Waals surface area (Å²) in [4.78, 5) is 46.5. The van der Waals surface area contributed by atoms with Crippen LogP contribution >= 0.6 is 15.6 Å². The third-order valence-electron chi connectivity index (χ3n) is 7.30. The highest BCUT2D eigenvalue weighted by Crippen LogP contribution is 2.58. The zero-order valence-corrected chi connectivity index (χ0v) is 25.0. The van der Waals surface area contributed by atoms with Crippen molar-refractivity contribution in [2.75, 3.05) is 13.2 Å². The van der Waals surface area contributed by atoms with E-state index in [2.05, 4.69) is 23.8 Å². The molecule has 6 heterocycles. The van der Waals surface area contributed by atoms with E-state index < -0.39 is 83.8 Å². The molecule has 4 unspecified atom stereocenters. The summed E-state index contributed by atoms with van der Waals surface area (Å²) in [5, 5.41) is 41.9. The minimum atomic E-state index is -5.62. The smallest absolute Gasteiger partial charge is 0.478 e. The van der Waals surface area contributed by atoms with Gasteiger partial charge in [0.05, 0.1) is 19.5 Å². The van der Waals surface area contributed by atoms with Crippen LogP contribution in [0.1, 0.15) is 22.8 Å². The van der Waals surface area contributed by atoms with Gasteiger partial charge >= 0.3 is 7.82 Å². The highest BCUT2D eigenvalue weighted by molar-refractivity contribution is 7.60. The minimum absolute atomic E-state index is 0.0626. The summed E-state index contributed by atoms with van der Waals surface area (Å²) < 4.78 is 53.6. The van der Waals surface area contributed by atoms with Crippen LogP contribution in [0, 0.1) is 0 Å². The number of hydrogen-bond donors (Lipinski definition) is 6. The molecule has 248 valence electrons. The van der Waals surface area contributed by atoms with Gasteiger partial charge in [0.2, 0.25) is 0 Å². The predicted octanol–water partition coefficient (Wildman–Crippen LogP) is -2.98. The SMILES string of the molecule is NC(=O)c1ccc[n+]([C@@H]2O[C@H](COP(=O)([O-])OP(=O)(O)OC[C@H]3O[C@@H](n4cnc5c4ncn4ccnc54)[C@@H](O)C3O)[C@H](O)C2O)c1. The fraction of sp³-hybridized carbons (Fsp3) is 0.435. The Hall–Kier alpha value is -3.27. The zero-order chi connectivity index (χ0) is 33.0. The Kier molecular flexibility index (Phi) is 8.80. The Labute approximate surface area is 257 Å². The van der Waals surface area contributed by atoms with Gasteiger partial charge in [-0.15, -0.1) is 0 Å². The molecule has 0 bridgehead atoms. The lowest BCUT2D eigenvalue weighted by molar-refractivity contribution is -0.765. The van der Waals surface area contributed by atoms with Crippen molar-refractivity contribution in [3.05, 3.63) is 55.1 Å². The Morgan fingerprint density at radius 3 is 2.48 bits per heavy atom. The molecule has 2 fully saturated rings. The fourth-order valence-electron chi connectivity index (χ4n) is 5.05. The number of aliphatic hydroxyl groups is 4. The molecule has 0 spiro atoms. The van der Waals surface area contributed by atoms with Crippen LogP contribution in [0.3, 0.4) is 0 Å². The second-order valence-corrected chi connectivity index (χ2v) is 13.3. The van der Waals surface area contributed by atoms with Gasteiger partial charge in [-0.1, -0.05) is 0 Å². The van der Waals surface area contributed by atoms with Crippen LogP contribution in [0.5, 0.6) is 0 Å². The first kappa shape index (κ1) is 32.7. The van der Waals surface area contributed by atoms with Crippen LogP contribution in [0.25, 0.3) is 16.8 Å². The number of aromatic nitrogens is 6. The van der Waals surface area contributed by atoms with Crippen LogP contribution in [-0.2, 0) is 32.0 Å². The number of phosphoric acid groups is 2. The van der Waals surface area contributed by atoms with E-state index in [-0.39, 0.29) is 11.2 Å². The van der Waals surface area contributed by atoms with E-state index in [1.165, 1.54) is 52.5 Å². The maximum atomic E-state index is 12.5. The Morgan fingerprint density at radius 1 is 1.00 bits per heavy atom. The van der Waals surface area contributed by atoms with Gasteiger partial charge in [0.15, 0.2) is 41.5 Å². The molecule has 0 saturated carbocycles. The van der Waals surface area contributed by atoms with Crippen LogP contribution in [0.4, 0.5) is 0 Å². The van der Waals surface area contributed by atoms with Crippen molar-refractivity contribution in [3.63, 3.8) is 0 Å². The first-order valence-electron chi connectivity index (χ1n) is 13.4. The molecule has 21 nitrogen and oxygen atoms in total. The fourth-order valence-corrected chi connectivity index (χ4v) is 7.10. The summed E-state index contributed by atoms with van der Waals surface area (Å²) >= 11 is 0. The maximum absolute atomic E-state index is 12.5. The summed E-state index contributed by atoms with van der Waals surface area (Å²) in [7, 11) is -11.1. The number of carbonyl (C=O) groups is 1. The molecule has 23 heteroatoms. The average molecular weight is 687 g/mol. The van der Waals surface area contributed by atoms with Gasteiger partial charge in [0.1, 0.15) is 42.4 Å². The molecular formula is C23H27N7O14P2. The van der Waals surface area contributed by atoms with Crippen LogP contribution in [0.2, 0.25) is 0 Å². The number of fused-ring (bicyclic) bond motifs is 3. The summed E-state index contributed by atoms with van der Waals surface area (Å²) in [5.41, 5.74) is 6.40. The molecule has 2 aliphatic heterocycles. The van der Waals surface area contributed by atoms with Crippen molar-refractivity contribution in [2.45, 2.75) is 49.1 Å². The molecule has 1 amide bonds. The van der Waals surface area contributed by atoms with Crippen molar-refractivity contribution < 1.29 is 71.5 Å². The Balaban J connectivity index is 1.04. The lowest BCUT2D eigenvalue weighted by Gasteiger charge is -2.26. The molecule has 46 heavy (non-hydrogen) atoms. The van der Waals surface area contributed by atoms with Gasteiger partial charge < -0.3 is 49.9 Å². The standard InChI is InChI=1S/C23H27N7O14P2/c24-19(35)11-2-1-4-28(6-11)22-17(33)15(31)12(42-22)7-40-45(36,37)44-46(38,39)41-8-13-16(32)18(34)23(43-13)30-10-26-14-20-25-3-5-29(20)9-27-21(14)30/h1-6,9-10,12-13,15-18,22-23,31-34H,7-8H2,(H3-,24,35,36,37,38,39)/t12-,13-,15+,16?,17?,18+,22-,23-/m1/s1. The maximum Gasteiger partial charge on any atom is 0.478 e. The second-order valence-electron chi connectivity index (χ2n) is 10.3. The topological polar surface area (TPSA) is 299 Å². The van der Waals surface area contributed by atoms with E-state index in [4.69, 9.17) is 19.7 Å². The Bertz CT molecular complexity index is 1860. The third-order valence-corrected chi connectivity index (χ3v) is 9.87. The van der Waals surface area contributed by atoms with Gasteiger partial charge in [0, 0.05) is 18.5 Å². The number of hydrogen-bond acceptors (Lipinski definition) is 16. The number of aliphatic hydroxyl groups excluding tert-OH is 4. The number of carbonyl (C=O) groups excluding carboxylic acids is 1. The predicted molar refractivity (Wildman–Crippen MR) is 144 cm³/mol. The molecular weight excluding hydrogens is 660 g/mol. The lowest BCUT2D eigenvalue weighted by Crippen LogP contribution is -2.46. The van der Waals surface area contributed by atoms with Crippen molar-refractivity contribution >= 4 is 38.4 Å². The third kappa shape index (κ3) is 6.34. The van der Waals surface area contributed by atoms with Crippen LogP contribution in [-0.4, -0.2) is 105 Å². The zero-order valence-electron chi connectivity index (χ0n) is 23.2. The number of phosphoric ester groups is 2. The molecule has 4 aromatic rings. The normalized spacial score (nSPS) is 30.9. The molecule has 0 aliphatic carbocycles. The summed E-state index contributed by atoms with van der Waals surface area (Å²) in [5.74, 6) is -0.770. The van der Waals surface area contributed by atoms with Crippen molar-refractivity contribution in [3.8, 4) is 0 Å². The molecule has 2 aliphatic rings. The molecule has 0 radical (unpaired) electrons. The minimum Gasteiger partial charge on any atom is -0.756 e.